The first-order valence-electron chi connectivity index (χ1n) is 9.89. The fourth-order valence-electron chi connectivity index (χ4n) is 3.01. The van der Waals surface area contributed by atoms with Gasteiger partial charge >= 0.3 is 5.91 Å². The van der Waals surface area contributed by atoms with Crippen LogP contribution in [0.4, 0.5) is 0 Å². The quantitative estimate of drug-likeness (QED) is 0.352. The minimum Gasteiger partial charge on any atom is -0.491 e. The lowest BCUT2D eigenvalue weighted by atomic mass is 10.1. The number of amides is 1. The van der Waals surface area contributed by atoms with Crippen LogP contribution in [0.25, 0.3) is 16.9 Å². The number of para-hydroxylation sites is 1. The molecule has 4 aromatic rings. The van der Waals surface area contributed by atoms with E-state index in [9.17, 15) is 4.79 Å². The molecule has 0 fully saturated rings. The number of furan rings is 1. The lowest BCUT2D eigenvalue weighted by molar-refractivity contribution is 0.0927. The Balaban J connectivity index is 1.63. The zero-order chi connectivity index (χ0) is 21.6. The molecule has 7 nitrogen and oxygen atoms in total. The highest BCUT2D eigenvalue weighted by atomic mass is 16.5. The van der Waals surface area contributed by atoms with Crippen molar-refractivity contribution in [2.45, 2.75) is 20.0 Å². The van der Waals surface area contributed by atoms with Crippen LogP contribution in [0.15, 0.2) is 88.7 Å². The first-order valence-corrected chi connectivity index (χ1v) is 9.89. The van der Waals surface area contributed by atoms with Gasteiger partial charge in [-0.05, 0) is 62.4 Å². The summed E-state index contributed by atoms with van der Waals surface area (Å²) in [5, 5.41) is 8.83. The van der Waals surface area contributed by atoms with Gasteiger partial charge in [-0.25, -0.2) is 10.1 Å². The smallest absolute Gasteiger partial charge is 0.307 e. The summed E-state index contributed by atoms with van der Waals surface area (Å²) in [6.07, 6.45) is 4.98. The molecule has 2 aromatic heterocycles. The van der Waals surface area contributed by atoms with E-state index >= 15 is 0 Å². The predicted octanol–water partition coefficient (Wildman–Crippen LogP) is 4.68. The number of carbonyl (C=O) groups excluding carboxylic acids is 1. The summed E-state index contributed by atoms with van der Waals surface area (Å²) in [4.78, 5) is 12.0. The molecule has 156 valence electrons. The third kappa shape index (κ3) is 4.90. The normalized spacial score (nSPS) is 11.2. The number of rotatable bonds is 7. The third-order valence-corrected chi connectivity index (χ3v) is 4.38. The molecule has 0 bridgehead atoms. The molecule has 0 aliphatic rings. The van der Waals surface area contributed by atoms with E-state index < -0.39 is 5.91 Å². The Kier molecular flexibility index (Phi) is 5.93. The van der Waals surface area contributed by atoms with Gasteiger partial charge in [0.1, 0.15) is 11.4 Å². The highest BCUT2D eigenvalue weighted by Crippen LogP contribution is 2.25. The molecule has 0 saturated heterocycles. The van der Waals surface area contributed by atoms with Crippen LogP contribution in [0, 0.1) is 0 Å². The van der Waals surface area contributed by atoms with Gasteiger partial charge in [0.15, 0.2) is 5.76 Å². The van der Waals surface area contributed by atoms with E-state index in [0.717, 1.165) is 28.3 Å². The Labute approximate surface area is 180 Å². The Morgan fingerprint density at radius 2 is 1.87 bits per heavy atom. The second kappa shape index (κ2) is 9.13. The number of nitrogens with zero attached hydrogens (tertiary/aromatic N) is 3. The summed E-state index contributed by atoms with van der Waals surface area (Å²) >= 11 is 0. The van der Waals surface area contributed by atoms with Crippen LogP contribution in [-0.4, -0.2) is 28.0 Å². The maximum Gasteiger partial charge on any atom is 0.307 e. The molecule has 31 heavy (non-hydrogen) atoms. The fraction of sp³-hybridized carbons (Fsp3) is 0.125. The van der Waals surface area contributed by atoms with E-state index in [1.807, 2.05) is 74.6 Å². The number of benzene rings is 2. The van der Waals surface area contributed by atoms with Crippen molar-refractivity contribution in [3.8, 4) is 22.7 Å². The van der Waals surface area contributed by atoms with Crippen molar-refractivity contribution in [1.29, 1.82) is 0 Å². The SMILES string of the molecule is CC(C)Oc1ccc(-c2nn(-c3ccccc3)cc2/C=N\NC(=O)c2ccco2)cc1. The Morgan fingerprint density at radius 3 is 2.55 bits per heavy atom. The second-order valence-electron chi connectivity index (χ2n) is 7.08. The standard InChI is InChI=1S/C24H22N4O3/c1-17(2)31-21-12-10-18(11-13-21)23-19(15-25-26-24(29)22-9-6-14-30-22)16-28(27-23)20-7-4-3-5-8-20/h3-17H,1-2H3,(H,26,29)/b25-15-. The zero-order valence-electron chi connectivity index (χ0n) is 17.2. The van der Waals surface area contributed by atoms with Gasteiger partial charge in [0.05, 0.1) is 24.3 Å². The first-order chi connectivity index (χ1) is 15.1. The highest BCUT2D eigenvalue weighted by molar-refractivity contribution is 5.93. The molecular formula is C24H22N4O3. The van der Waals surface area contributed by atoms with Crippen LogP contribution < -0.4 is 10.2 Å². The molecule has 0 spiro atoms. The summed E-state index contributed by atoms with van der Waals surface area (Å²) < 4.78 is 12.6. The maximum atomic E-state index is 12.0. The lowest BCUT2D eigenvalue weighted by Gasteiger charge is -2.09. The van der Waals surface area contributed by atoms with E-state index in [-0.39, 0.29) is 11.9 Å². The predicted molar refractivity (Wildman–Crippen MR) is 119 cm³/mol. The molecule has 0 aliphatic carbocycles. The molecule has 0 atom stereocenters. The zero-order valence-corrected chi connectivity index (χ0v) is 17.2. The van der Waals surface area contributed by atoms with Crippen LogP contribution >= 0.6 is 0 Å². The van der Waals surface area contributed by atoms with Crippen molar-refractivity contribution in [1.82, 2.24) is 15.2 Å². The van der Waals surface area contributed by atoms with Gasteiger partial charge in [0, 0.05) is 17.3 Å². The van der Waals surface area contributed by atoms with Crippen LogP contribution in [0.2, 0.25) is 0 Å². The minimum absolute atomic E-state index is 0.101. The molecule has 7 heteroatoms. The van der Waals surface area contributed by atoms with Crippen molar-refractivity contribution >= 4 is 12.1 Å². The second-order valence-corrected chi connectivity index (χ2v) is 7.08. The molecule has 0 aliphatic heterocycles. The number of hydrogen-bond acceptors (Lipinski definition) is 5. The van der Waals surface area contributed by atoms with Crippen LogP contribution in [0.5, 0.6) is 5.75 Å². The van der Waals surface area contributed by atoms with E-state index in [1.165, 1.54) is 6.26 Å². The molecule has 0 radical (unpaired) electrons. The van der Waals surface area contributed by atoms with E-state index in [0.29, 0.717) is 0 Å². The fourth-order valence-corrected chi connectivity index (χ4v) is 3.01. The molecular weight excluding hydrogens is 392 g/mol. The average molecular weight is 414 g/mol. The molecule has 2 aromatic carbocycles. The highest BCUT2D eigenvalue weighted by Gasteiger charge is 2.12. The van der Waals surface area contributed by atoms with Crippen molar-refractivity contribution < 1.29 is 13.9 Å². The van der Waals surface area contributed by atoms with E-state index in [1.54, 1.807) is 23.0 Å². The average Bonchev–Trinajstić information content (AvgIpc) is 3.45. The molecule has 0 unspecified atom stereocenters. The van der Waals surface area contributed by atoms with Gasteiger partial charge in [-0.15, -0.1) is 0 Å². The largest absolute Gasteiger partial charge is 0.491 e. The van der Waals surface area contributed by atoms with Crippen molar-refractivity contribution in [3.63, 3.8) is 0 Å². The molecule has 1 amide bonds. The third-order valence-electron chi connectivity index (χ3n) is 4.38. The molecule has 2 heterocycles. The number of hydrogen-bond donors (Lipinski definition) is 1. The summed E-state index contributed by atoms with van der Waals surface area (Å²) in [5.41, 5.74) is 5.78. The lowest BCUT2D eigenvalue weighted by Crippen LogP contribution is -2.16. The van der Waals surface area contributed by atoms with Gasteiger partial charge in [-0.2, -0.15) is 10.2 Å². The first kappa shape index (κ1) is 20.2. The molecule has 4 rings (SSSR count). The Bertz CT molecular complexity index is 1160. The summed E-state index contributed by atoms with van der Waals surface area (Å²) in [6.45, 7) is 3.97. The summed E-state index contributed by atoms with van der Waals surface area (Å²) in [6, 6.07) is 20.7. The van der Waals surface area contributed by atoms with Crippen molar-refractivity contribution in [3.05, 3.63) is 90.5 Å². The monoisotopic (exact) mass is 414 g/mol. The molecule has 1 N–H and O–H groups in total. The van der Waals surface area contributed by atoms with E-state index in [2.05, 4.69) is 10.5 Å². The topological polar surface area (TPSA) is 81.6 Å². The minimum atomic E-state index is -0.423. The number of carbonyl (C=O) groups is 1. The van der Waals surface area contributed by atoms with Gasteiger partial charge in [-0.3, -0.25) is 4.79 Å². The number of aromatic nitrogens is 2. The van der Waals surface area contributed by atoms with Crippen molar-refractivity contribution in [2.24, 2.45) is 5.10 Å². The molecule has 0 saturated carbocycles. The van der Waals surface area contributed by atoms with Gasteiger partial charge in [-0.1, -0.05) is 18.2 Å². The summed E-state index contributed by atoms with van der Waals surface area (Å²) in [5.74, 6) is 0.564. The van der Waals surface area contributed by atoms with Crippen LogP contribution in [-0.2, 0) is 0 Å². The Hall–Kier alpha value is -4.13. The van der Waals surface area contributed by atoms with E-state index in [4.69, 9.17) is 14.3 Å². The summed E-state index contributed by atoms with van der Waals surface area (Å²) in [7, 11) is 0. The number of hydrazone groups is 1. The van der Waals surface area contributed by atoms with Crippen LogP contribution in [0.1, 0.15) is 30.0 Å². The number of ether oxygens (including phenoxy) is 1. The van der Waals surface area contributed by atoms with Crippen LogP contribution in [0.3, 0.4) is 0 Å². The Morgan fingerprint density at radius 1 is 1.10 bits per heavy atom. The van der Waals surface area contributed by atoms with Gasteiger partial charge in [0.25, 0.3) is 0 Å². The maximum absolute atomic E-state index is 12.0. The van der Waals surface area contributed by atoms with Gasteiger partial charge < -0.3 is 9.15 Å². The van der Waals surface area contributed by atoms with Crippen molar-refractivity contribution in [2.75, 3.05) is 0 Å². The number of nitrogens with one attached hydrogen (secondary N) is 1. The van der Waals surface area contributed by atoms with Gasteiger partial charge in [0.2, 0.25) is 0 Å².